The molecule has 0 saturated carbocycles. The molecule has 2 heterocycles. The Morgan fingerprint density at radius 3 is 3.00 bits per heavy atom. The summed E-state index contributed by atoms with van der Waals surface area (Å²) < 4.78 is 5.73. The van der Waals surface area contributed by atoms with Gasteiger partial charge in [0.15, 0.2) is 0 Å². The second kappa shape index (κ2) is 6.53. The van der Waals surface area contributed by atoms with Crippen LogP contribution in [0.25, 0.3) is 0 Å². The molecule has 2 nitrogen and oxygen atoms in total. The summed E-state index contributed by atoms with van der Waals surface area (Å²) in [6.45, 7) is 6.39. The number of hydrogen-bond acceptors (Lipinski definition) is 3. The molecule has 17 heavy (non-hydrogen) atoms. The number of nitrogens with one attached hydrogen (secondary N) is 1. The van der Waals surface area contributed by atoms with Gasteiger partial charge < -0.3 is 10.1 Å². The van der Waals surface area contributed by atoms with Crippen LogP contribution in [0.2, 0.25) is 0 Å². The van der Waals surface area contributed by atoms with Gasteiger partial charge in [-0.3, -0.25) is 0 Å². The second-order valence-corrected chi connectivity index (χ2v) is 5.98. The molecule has 0 aliphatic carbocycles. The fraction of sp³-hybridized carbons (Fsp3) is 0.714. The molecule has 0 bridgehead atoms. The zero-order chi connectivity index (χ0) is 12.1. The van der Waals surface area contributed by atoms with Crippen LogP contribution in [0.15, 0.2) is 12.1 Å². The van der Waals surface area contributed by atoms with E-state index in [0.717, 1.165) is 19.6 Å². The molecule has 1 aromatic heterocycles. The lowest BCUT2D eigenvalue weighted by Gasteiger charge is -2.24. The summed E-state index contributed by atoms with van der Waals surface area (Å²) in [6, 6.07) is 4.95. The van der Waals surface area contributed by atoms with Gasteiger partial charge in [-0.2, -0.15) is 0 Å². The topological polar surface area (TPSA) is 21.3 Å². The van der Waals surface area contributed by atoms with Crippen molar-refractivity contribution in [3.63, 3.8) is 0 Å². The standard InChI is InChI=1S/C14H23NOS/c1-3-13-7-8-14(17-13)11(2)15-10-12-6-4-5-9-16-12/h7-8,11-12,15H,3-6,9-10H2,1-2H3. The molecule has 1 aliphatic rings. The van der Waals surface area contributed by atoms with Crippen molar-refractivity contribution in [3.05, 3.63) is 21.9 Å². The first-order valence-corrected chi connectivity index (χ1v) is 7.55. The average molecular weight is 253 g/mol. The molecule has 0 spiro atoms. The zero-order valence-corrected chi connectivity index (χ0v) is 11.7. The Kier molecular flexibility index (Phi) is 5.01. The lowest BCUT2D eigenvalue weighted by molar-refractivity contribution is 0.0157. The quantitative estimate of drug-likeness (QED) is 0.867. The Balaban J connectivity index is 1.77. The van der Waals surface area contributed by atoms with Gasteiger partial charge in [0.2, 0.25) is 0 Å². The van der Waals surface area contributed by atoms with Crippen molar-refractivity contribution in [1.82, 2.24) is 5.32 Å². The molecule has 1 saturated heterocycles. The van der Waals surface area contributed by atoms with E-state index in [2.05, 4.69) is 31.3 Å². The summed E-state index contributed by atoms with van der Waals surface area (Å²) in [7, 11) is 0. The van der Waals surface area contributed by atoms with Gasteiger partial charge in [-0.15, -0.1) is 11.3 Å². The predicted octanol–water partition coefficient (Wildman–Crippen LogP) is 3.53. The van der Waals surface area contributed by atoms with Crippen LogP contribution >= 0.6 is 11.3 Å². The van der Waals surface area contributed by atoms with Crippen molar-refractivity contribution < 1.29 is 4.74 Å². The van der Waals surface area contributed by atoms with Crippen LogP contribution < -0.4 is 5.32 Å². The lowest BCUT2D eigenvalue weighted by Crippen LogP contribution is -2.33. The van der Waals surface area contributed by atoms with E-state index >= 15 is 0 Å². The maximum atomic E-state index is 5.73. The van der Waals surface area contributed by atoms with Gasteiger partial charge in [-0.25, -0.2) is 0 Å². The van der Waals surface area contributed by atoms with Crippen molar-refractivity contribution in [2.24, 2.45) is 0 Å². The van der Waals surface area contributed by atoms with E-state index in [9.17, 15) is 0 Å². The summed E-state index contributed by atoms with van der Waals surface area (Å²) in [5.74, 6) is 0. The first-order valence-electron chi connectivity index (χ1n) is 6.73. The van der Waals surface area contributed by atoms with Crippen LogP contribution in [0.4, 0.5) is 0 Å². The van der Waals surface area contributed by atoms with Crippen molar-refractivity contribution in [2.45, 2.75) is 51.7 Å². The Morgan fingerprint density at radius 1 is 1.47 bits per heavy atom. The predicted molar refractivity (Wildman–Crippen MR) is 73.7 cm³/mol. The van der Waals surface area contributed by atoms with E-state index in [1.807, 2.05) is 11.3 Å². The molecular formula is C14H23NOS. The fourth-order valence-corrected chi connectivity index (χ4v) is 3.17. The van der Waals surface area contributed by atoms with E-state index < -0.39 is 0 Å². The minimum absolute atomic E-state index is 0.428. The van der Waals surface area contributed by atoms with Crippen LogP contribution in [0.5, 0.6) is 0 Å². The van der Waals surface area contributed by atoms with Crippen LogP contribution in [0.3, 0.4) is 0 Å². The summed E-state index contributed by atoms with van der Waals surface area (Å²) >= 11 is 1.92. The van der Waals surface area contributed by atoms with Crippen molar-refractivity contribution in [1.29, 1.82) is 0 Å². The number of rotatable bonds is 5. The van der Waals surface area contributed by atoms with Crippen molar-refractivity contribution in [3.8, 4) is 0 Å². The minimum Gasteiger partial charge on any atom is -0.377 e. The smallest absolute Gasteiger partial charge is 0.0699 e. The van der Waals surface area contributed by atoms with E-state index in [1.54, 1.807) is 0 Å². The molecule has 2 atom stereocenters. The molecule has 96 valence electrons. The highest BCUT2D eigenvalue weighted by Gasteiger charge is 2.15. The van der Waals surface area contributed by atoms with Crippen LogP contribution in [0, 0.1) is 0 Å². The van der Waals surface area contributed by atoms with Crippen LogP contribution in [0.1, 0.15) is 48.9 Å². The van der Waals surface area contributed by atoms with Gasteiger partial charge in [-0.05, 0) is 44.7 Å². The van der Waals surface area contributed by atoms with E-state index in [4.69, 9.17) is 4.74 Å². The molecule has 1 aromatic rings. The summed E-state index contributed by atoms with van der Waals surface area (Å²) in [6.07, 6.45) is 5.33. The third-order valence-corrected chi connectivity index (χ3v) is 4.80. The molecule has 0 aromatic carbocycles. The second-order valence-electron chi connectivity index (χ2n) is 4.78. The molecule has 3 heteroatoms. The zero-order valence-electron chi connectivity index (χ0n) is 10.9. The highest BCUT2D eigenvalue weighted by Crippen LogP contribution is 2.23. The highest BCUT2D eigenvalue weighted by atomic mass is 32.1. The van der Waals surface area contributed by atoms with Gasteiger partial charge in [0.25, 0.3) is 0 Å². The third kappa shape index (κ3) is 3.80. The Hall–Kier alpha value is -0.380. The van der Waals surface area contributed by atoms with Crippen LogP contribution in [-0.4, -0.2) is 19.3 Å². The van der Waals surface area contributed by atoms with Gasteiger partial charge in [0.1, 0.15) is 0 Å². The molecule has 1 aliphatic heterocycles. The van der Waals surface area contributed by atoms with Gasteiger partial charge in [0.05, 0.1) is 6.10 Å². The van der Waals surface area contributed by atoms with E-state index in [1.165, 1.54) is 29.0 Å². The van der Waals surface area contributed by atoms with E-state index in [-0.39, 0.29) is 0 Å². The number of aryl methyl sites for hydroxylation is 1. The molecule has 1 fully saturated rings. The molecular weight excluding hydrogens is 230 g/mol. The number of hydrogen-bond donors (Lipinski definition) is 1. The number of thiophene rings is 1. The lowest BCUT2D eigenvalue weighted by atomic mass is 10.1. The summed E-state index contributed by atoms with van der Waals surface area (Å²) in [5, 5.41) is 3.59. The minimum atomic E-state index is 0.428. The first kappa shape index (κ1) is 13.1. The largest absolute Gasteiger partial charge is 0.377 e. The van der Waals surface area contributed by atoms with Crippen LogP contribution in [-0.2, 0) is 11.2 Å². The van der Waals surface area contributed by atoms with Crippen molar-refractivity contribution >= 4 is 11.3 Å². The average Bonchev–Trinajstić information content (AvgIpc) is 2.86. The van der Waals surface area contributed by atoms with Crippen molar-refractivity contribution in [2.75, 3.05) is 13.2 Å². The number of ether oxygens (including phenoxy) is 1. The summed E-state index contributed by atoms with van der Waals surface area (Å²) in [5.41, 5.74) is 0. The Labute approximate surface area is 108 Å². The summed E-state index contributed by atoms with van der Waals surface area (Å²) in [4.78, 5) is 2.92. The molecule has 2 rings (SSSR count). The SMILES string of the molecule is CCc1ccc(C(C)NCC2CCCCO2)s1. The molecule has 0 radical (unpaired) electrons. The Bertz CT molecular complexity index is 331. The van der Waals surface area contributed by atoms with E-state index in [0.29, 0.717) is 12.1 Å². The normalized spacial score (nSPS) is 22.6. The third-order valence-electron chi connectivity index (χ3n) is 3.38. The Morgan fingerprint density at radius 2 is 2.35 bits per heavy atom. The fourth-order valence-electron chi connectivity index (χ4n) is 2.19. The molecule has 1 N–H and O–H groups in total. The maximum absolute atomic E-state index is 5.73. The maximum Gasteiger partial charge on any atom is 0.0699 e. The van der Waals surface area contributed by atoms with Gasteiger partial charge >= 0.3 is 0 Å². The van der Waals surface area contributed by atoms with Gasteiger partial charge in [0, 0.05) is 28.9 Å². The molecule has 2 unspecified atom stereocenters. The monoisotopic (exact) mass is 253 g/mol. The van der Waals surface area contributed by atoms with Gasteiger partial charge in [-0.1, -0.05) is 6.92 Å². The molecule has 0 amide bonds. The highest BCUT2D eigenvalue weighted by molar-refractivity contribution is 7.12. The first-order chi connectivity index (χ1) is 8.29.